The number of benzene rings is 4. The van der Waals surface area contributed by atoms with E-state index >= 15 is 0 Å². The maximum atomic E-state index is 12.8. The highest BCUT2D eigenvalue weighted by Gasteiger charge is 2.27. The molecule has 0 aliphatic rings. The fourth-order valence-electron chi connectivity index (χ4n) is 4.05. The number of carboxylic acid groups (broad SMARTS) is 1. The molecule has 0 spiro atoms. The van der Waals surface area contributed by atoms with Gasteiger partial charge in [-0.05, 0) is 54.6 Å². The average Bonchev–Trinajstić information content (AvgIpc) is 2.91. The molecule has 44 heavy (non-hydrogen) atoms. The molecule has 228 valence electrons. The minimum atomic E-state index is -5.22. The number of amides is 2. The summed E-state index contributed by atoms with van der Waals surface area (Å²) in [5.41, 5.74) is -1.61. The van der Waals surface area contributed by atoms with Gasteiger partial charge < -0.3 is 26.0 Å². The number of rotatable bonds is 8. The van der Waals surface area contributed by atoms with Gasteiger partial charge in [-0.1, -0.05) is 6.07 Å². The molecule has 0 fully saturated rings. The maximum absolute atomic E-state index is 12.8. The molecule has 0 aliphatic carbocycles. The molecule has 2 amide bonds. The Morgan fingerprint density at radius 2 is 1.48 bits per heavy atom. The zero-order valence-corrected chi connectivity index (χ0v) is 23.7. The minimum Gasteiger partial charge on any atom is -0.507 e. The first kappa shape index (κ1) is 31.5. The number of aromatic hydroxyl groups is 2. The normalized spacial score (nSPS) is 11.9. The van der Waals surface area contributed by atoms with E-state index in [0.29, 0.717) is 6.07 Å². The molecule has 4 aromatic rings. The second kappa shape index (κ2) is 11.7. The van der Waals surface area contributed by atoms with E-state index < -0.39 is 81.3 Å². The second-order valence-corrected chi connectivity index (χ2v) is 11.8. The van der Waals surface area contributed by atoms with Gasteiger partial charge >= 0.3 is 5.97 Å². The zero-order chi connectivity index (χ0) is 32.6. The summed E-state index contributed by atoms with van der Waals surface area (Å²) in [7, 11) is -10.2. The number of phenols is 2. The highest BCUT2D eigenvalue weighted by Crippen LogP contribution is 2.46. The van der Waals surface area contributed by atoms with Gasteiger partial charge in [-0.3, -0.25) is 18.7 Å². The number of carbonyl (C=O) groups is 3. The predicted molar refractivity (Wildman–Crippen MR) is 153 cm³/mol. The van der Waals surface area contributed by atoms with Crippen molar-refractivity contribution in [2.24, 2.45) is 10.2 Å². The Balaban J connectivity index is 1.81. The number of carboxylic acids is 1. The second-order valence-electron chi connectivity index (χ2n) is 8.98. The standard InChI is InChI=1S/C26H20N4O12S2/c1-12(31)27-18-6-8-20(43(37,38)39)17-11-21(44(40,41)42)23(24(33)22(17)18)30-29-15-4-2-3-13(9-15)25(34)28-14-5-7-19(32)16(10-14)26(35)36/h2-11,32-33H,1H3,(H,27,31)(H,28,34)(H,35,36)(H,37,38,39)(H,40,41,42). The summed E-state index contributed by atoms with van der Waals surface area (Å²) >= 11 is 0. The Bertz CT molecular complexity index is 2130. The molecular weight excluding hydrogens is 624 g/mol. The smallest absolute Gasteiger partial charge is 0.339 e. The van der Waals surface area contributed by atoms with Gasteiger partial charge in [-0.15, -0.1) is 5.11 Å². The first-order valence-electron chi connectivity index (χ1n) is 11.9. The number of hydrogen-bond acceptors (Lipinski definition) is 11. The van der Waals surface area contributed by atoms with Crippen LogP contribution in [-0.4, -0.2) is 59.0 Å². The molecule has 16 nitrogen and oxygen atoms in total. The van der Waals surface area contributed by atoms with Crippen molar-refractivity contribution in [3.05, 3.63) is 71.8 Å². The van der Waals surface area contributed by atoms with Crippen LogP contribution in [0.2, 0.25) is 0 Å². The molecule has 0 bridgehead atoms. The maximum Gasteiger partial charge on any atom is 0.339 e. The van der Waals surface area contributed by atoms with E-state index in [0.717, 1.165) is 31.2 Å². The summed E-state index contributed by atoms with van der Waals surface area (Å²) in [6, 6.07) is 11.1. The van der Waals surface area contributed by atoms with E-state index in [1.165, 1.54) is 30.3 Å². The predicted octanol–water partition coefficient (Wildman–Crippen LogP) is 4.07. The van der Waals surface area contributed by atoms with Crippen LogP contribution in [0.5, 0.6) is 11.5 Å². The number of aromatic carboxylic acids is 1. The molecule has 0 unspecified atom stereocenters. The molecule has 4 rings (SSSR count). The largest absolute Gasteiger partial charge is 0.507 e. The lowest BCUT2D eigenvalue weighted by Crippen LogP contribution is -2.12. The molecule has 0 aromatic heterocycles. The van der Waals surface area contributed by atoms with Crippen LogP contribution in [0.3, 0.4) is 0 Å². The van der Waals surface area contributed by atoms with Crippen LogP contribution >= 0.6 is 0 Å². The molecule has 7 N–H and O–H groups in total. The lowest BCUT2D eigenvalue weighted by Gasteiger charge is -2.15. The number of nitrogens with one attached hydrogen (secondary N) is 2. The molecule has 18 heteroatoms. The van der Waals surface area contributed by atoms with Gasteiger partial charge in [0.1, 0.15) is 26.8 Å². The Morgan fingerprint density at radius 1 is 0.795 bits per heavy atom. The van der Waals surface area contributed by atoms with Crippen LogP contribution in [0.4, 0.5) is 22.7 Å². The van der Waals surface area contributed by atoms with Gasteiger partial charge in [0.05, 0.1) is 16.8 Å². The summed E-state index contributed by atoms with van der Waals surface area (Å²) in [4.78, 5) is 33.8. The summed E-state index contributed by atoms with van der Waals surface area (Å²) < 4.78 is 68.0. The molecule has 0 saturated carbocycles. The van der Waals surface area contributed by atoms with Gasteiger partial charge in [-0.2, -0.15) is 21.9 Å². The van der Waals surface area contributed by atoms with Crippen LogP contribution in [0.25, 0.3) is 10.8 Å². The topological polar surface area (TPSA) is 269 Å². The van der Waals surface area contributed by atoms with Gasteiger partial charge in [0.2, 0.25) is 5.91 Å². The fraction of sp³-hybridized carbons (Fsp3) is 0.0385. The number of hydrogen-bond donors (Lipinski definition) is 7. The van der Waals surface area contributed by atoms with Crippen LogP contribution in [-0.2, 0) is 25.0 Å². The first-order chi connectivity index (χ1) is 20.5. The zero-order valence-electron chi connectivity index (χ0n) is 22.1. The molecule has 0 heterocycles. The third-order valence-corrected chi connectivity index (χ3v) is 7.68. The van der Waals surface area contributed by atoms with Gasteiger partial charge in [0, 0.05) is 23.6 Å². The van der Waals surface area contributed by atoms with E-state index in [1.54, 1.807) is 0 Å². The molecular formula is C26H20N4O12S2. The van der Waals surface area contributed by atoms with E-state index in [1.807, 2.05) is 0 Å². The average molecular weight is 645 g/mol. The third kappa shape index (κ3) is 6.63. The van der Waals surface area contributed by atoms with Crippen LogP contribution in [0, 0.1) is 0 Å². The van der Waals surface area contributed by atoms with Crippen molar-refractivity contribution in [2.75, 3.05) is 10.6 Å². The van der Waals surface area contributed by atoms with Crippen molar-refractivity contribution in [1.29, 1.82) is 0 Å². The Morgan fingerprint density at radius 3 is 2.09 bits per heavy atom. The van der Waals surface area contributed by atoms with Crippen molar-refractivity contribution in [1.82, 2.24) is 0 Å². The molecule has 0 aliphatic heterocycles. The van der Waals surface area contributed by atoms with Crippen LogP contribution < -0.4 is 10.6 Å². The molecule has 4 aromatic carbocycles. The van der Waals surface area contributed by atoms with E-state index in [9.17, 15) is 50.5 Å². The number of phenolic OH excluding ortho intramolecular Hbond substituents is 1. The SMILES string of the molecule is CC(=O)Nc1ccc(S(=O)(=O)O)c2cc(S(=O)(=O)O)c(N=Nc3cccc(C(=O)Nc4ccc(O)c(C(=O)O)c4)c3)c(O)c12. The number of carbonyl (C=O) groups excluding carboxylic acids is 2. The Kier molecular flexibility index (Phi) is 8.37. The summed E-state index contributed by atoms with van der Waals surface area (Å²) in [5.74, 6) is -4.38. The number of nitrogens with zero attached hydrogens (tertiary/aromatic N) is 2. The van der Waals surface area contributed by atoms with Crippen LogP contribution in [0.15, 0.2) is 80.7 Å². The van der Waals surface area contributed by atoms with Crippen molar-refractivity contribution in [3.8, 4) is 11.5 Å². The van der Waals surface area contributed by atoms with Crippen molar-refractivity contribution >= 4 is 71.5 Å². The lowest BCUT2D eigenvalue weighted by atomic mass is 10.1. The monoisotopic (exact) mass is 644 g/mol. The number of fused-ring (bicyclic) bond motifs is 1. The molecule has 0 radical (unpaired) electrons. The van der Waals surface area contributed by atoms with E-state index in [4.69, 9.17) is 5.11 Å². The minimum absolute atomic E-state index is 0.0325. The highest BCUT2D eigenvalue weighted by molar-refractivity contribution is 7.86. The summed E-state index contributed by atoms with van der Waals surface area (Å²) in [6.07, 6.45) is 0. The molecule has 0 atom stereocenters. The highest BCUT2D eigenvalue weighted by atomic mass is 32.2. The van der Waals surface area contributed by atoms with Gasteiger partial charge in [0.25, 0.3) is 26.1 Å². The Hall–Kier alpha value is -5.43. The lowest BCUT2D eigenvalue weighted by molar-refractivity contribution is -0.114. The summed E-state index contributed by atoms with van der Waals surface area (Å²) in [6.45, 7) is 1.10. The molecule has 0 saturated heterocycles. The van der Waals surface area contributed by atoms with Crippen molar-refractivity contribution < 1.29 is 55.6 Å². The third-order valence-electron chi connectivity index (χ3n) is 5.90. The van der Waals surface area contributed by atoms with Crippen molar-refractivity contribution in [3.63, 3.8) is 0 Å². The number of anilines is 2. The van der Waals surface area contributed by atoms with E-state index in [-0.39, 0.29) is 22.6 Å². The van der Waals surface area contributed by atoms with Crippen LogP contribution in [0.1, 0.15) is 27.6 Å². The quantitative estimate of drug-likeness (QED) is 0.0812. The van der Waals surface area contributed by atoms with E-state index in [2.05, 4.69) is 20.9 Å². The van der Waals surface area contributed by atoms with Gasteiger partial charge in [-0.25, -0.2) is 4.79 Å². The summed E-state index contributed by atoms with van der Waals surface area (Å²) in [5, 5.41) is 41.1. The van der Waals surface area contributed by atoms with Gasteiger partial charge in [0.15, 0.2) is 5.75 Å². The Labute approximate surface area is 247 Å². The fourth-order valence-corrected chi connectivity index (χ4v) is 5.38. The van der Waals surface area contributed by atoms with Crippen molar-refractivity contribution in [2.45, 2.75) is 16.7 Å². The number of azo groups is 1. The first-order valence-corrected chi connectivity index (χ1v) is 14.8.